The van der Waals surface area contributed by atoms with Crippen molar-refractivity contribution >= 4 is 0 Å². The van der Waals surface area contributed by atoms with Crippen molar-refractivity contribution in [3.05, 3.63) is 35.9 Å². The van der Waals surface area contributed by atoms with E-state index in [4.69, 9.17) is 0 Å². The van der Waals surface area contributed by atoms with Crippen LogP contribution in [0.25, 0.3) is 0 Å². The first-order chi connectivity index (χ1) is 9.47. The van der Waals surface area contributed by atoms with Gasteiger partial charge in [0.1, 0.15) is 0 Å². The minimum Gasteiger partial charge on any atom is -0.384 e. The van der Waals surface area contributed by atoms with Gasteiger partial charge in [-0.2, -0.15) is 0 Å². The number of aliphatic hydroxyl groups is 1. The summed E-state index contributed by atoms with van der Waals surface area (Å²) < 4.78 is 0. The van der Waals surface area contributed by atoms with Crippen molar-refractivity contribution in [1.29, 1.82) is 0 Å². The molecular weight excluding hydrogens is 248 g/mol. The molecular formula is C17H28N2O. The Morgan fingerprint density at radius 1 is 1.25 bits per heavy atom. The molecule has 1 aromatic rings. The first-order valence-corrected chi connectivity index (χ1v) is 7.62. The van der Waals surface area contributed by atoms with Crippen molar-refractivity contribution in [3.8, 4) is 0 Å². The summed E-state index contributed by atoms with van der Waals surface area (Å²) in [7, 11) is 4.32. The second-order valence-corrected chi connectivity index (χ2v) is 6.58. The zero-order valence-corrected chi connectivity index (χ0v) is 13.0. The predicted octanol–water partition coefficient (Wildman–Crippen LogP) is 2.17. The van der Waals surface area contributed by atoms with E-state index in [9.17, 15) is 5.11 Å². The smallest absolute Gasteiger partial charge is 0.0994 e. The van der Waals surface area contributed by atoms with Crippen molar-refractivity contribution in [2.75, 3.05) is 40.3 Å². The zero-order chi connectivity index (χ0) is 14.6. The van der Waals surface area contributed by atoms with Gasteiger partial charge in [-0.1, -0.05) is 30.3 Å². The molecule has 1 aliphatic rings. The van der Waals surface area contributed by atoms with Gasteiger partial charge in [0, 0.05) is 13.1 Å². The van der Waals surface area contributed by atoms with Crippen LogP contribution in [0.5, 0.6) is 0 Å². The molecule has 1 N–H and O–H groups in total. The average Bonchev–Trinajstić information content (AvgIpc) is 2.42. The molecule has 0 spiro atoms. The molecule has 0 aliphatic carbocycles. The lowest BCUT2D eigenvalue weighted by molar-refractivity contribution is 0.0168. The molecule has 0 aromatic heterocycles. The summed E-state index contributed by atoms with van der Waals surface area (Å²) in [6, 6.07) is 9.97. The number of rotatable bonds is 5. The second kappa shape index (κ2) is 6.70. The van der Waals surface area contributed by atoms with Crippen LogP contribution in [0.15, 0.2) is 30.3 Å². The summed E-state index contributed by atoms with van der Waals surface area (Å²) >= 11 is 0. The highest BCUT2D eigenvalue weighted by Crippen LogP contribution is 2.23. The molecule has 1 aliphatic heterocycles. The molecule has 112 valence electrons. The molecule has 0 bridgehead atoms. The Bertz CT molecular complexity index is 397. The number of hydrogen-bond donors (Lipinski definition) is 1. The Morgan fingerprint density at radius 3 is 2.45 bits per heavy atom. The summed E-state index contributed by atoms with van der Waals surface area (Å²) in [5, 5.41) is 10.7. The van der Waals surface area contributed by atoms with E-state index in [1.165, 1.54) is 25.9 Å². The number of piperidine rings is 1. The van der Waals surface area contributed by atoms with Crippen LogP contribution < -0.4 is 0 Å². The summed E-state index contributed by atoms with van der Waals surface area (Å²) in [5.74, 6) is 0.766. The van der Waals surface area contributed by atoms with Crippen molar-refractivity contribution < 1.29 is 5.11 Å². The molecule has 3 nitrogen and oxygen atoms in total. The van der Waals surface area contributed by atoms with Gasteiger partial charge in [-0.15, -0.1) is 0 Å². The second-order valence-electron chi connectivity index (χ2n) is 6.58. The van der Waals surface area contributed by atoms with E-state index in [0.29, 0.717) is 6.54 Å². The Balaban J connectivity index is 1.86. The highest BCUT2D eigenvalue weighted by Gasteiger charge is 2.26. The van der Waals surface area contributed by atoms with E-state index in [2.05, 4.69) is 23.9 Å². The lowest BCUT2D eigenvalue weighted by atomic mass is 9.93. The highest BCUT2D eigenvalue weighted by molar-refractivity contribution is 5.21. The molecule has 0 amide bonds. The number of likely N-dealkylation sites (N-methyl/N-ethyl adjacent to an activating group) is 1. The van der Waals surface area contributed by atoms with E-state index in [1.54, 1.807) is 0 Å². The van der Waals surface area contributed by atoms with Gasteiger partial charge >= 0.3 is 0 Å². The third-order valence-corrected chi connectivity index (χ3v) is 4.38. The van der Waals surface area contributed by atoms with Gasteiger partial charge in [0.25, 0.3) is 0 Å². The van der Waals surface area contributed by atoms with E-state index in [1.807, 2.05) is 37.3 Å². The van der Waals surface area contributed by atoms with Gasteiger partial charge in [0.05, 0.1) is 5.60 Å². The molecule has 0 radical (unpaired) electrons. The van der Waals surface area contributed by atoms with E-state index in [0.717, 1.165) is 18.0 Å². The van der Waals surface area contributed by atoms with Gasteiger partial charge in [-0.05, 0) is 58.4 Å². The summed E-state index contributed by atoms with van der Waals surface area (Å²) in [5.41, 5.74) is 0.219. The standard InChI is InChI=1S/C17H28N2O/c1-17(20,16-7-5-4-6-8-16)14-19(3)13-15-9-11-18(2)12-10-15/h4-8,15,20H,9-14H2,1-3H3. The topological polar surface area (TPSA) is 26.7 Å². The summed E-state index contributed by atoms with van der Waals surface area (Å²) in [6.45, 7) is 6.08. The number of benzene rings is 1. The monoisotopic (exact) mass is 276 g/mol. The van der Waals surface area contributed by atoms with Gasteiger partial charge in [-0.3, -0.25) is 0 Å². The molecule has 1 aromatic carbocycles. The number of nitrogens with zero attached hydrogens (tertiary/aromatic N) is 2. The van der Waals surface area contributed by atoms with Crippen molar-refractivity contribution in [2.24, 2.45) is 5.92 Å². The van der Waals surface area contributed by atoms with Crippen molar-refractivity contribution in [3.63, 3.8) is 0 Å². The third-order valence-electron chi connectivity index (χ3n) is 4.38. The Morgan fingerprint density at radius 2 is 1.85 bits per heavy atom. The van der Waals surface area contributed by atoms with Crippen LogP contribution in [-0.4, -0.2) is 55.2 Å². The molecule has 1 heterocycles. The van der Waals surface area contributed by atoms with E-state index < -0.39 is 5.60 Å². The van der Waals surface area contributed by atoms with Crippen molar-refractivity contribution in [2.45, 2.75) is 25.4 Å². The SMILES string of the molecule is CN1CCC(CN(C)CC(C)(O)c2ccccc2)CC1. The van der Waals surface area contributed by atoms with Crippen LogP contribution in [0.4, 0.5) is 0 Å². The predicted molar refractivity (Wildman–Crippen MR) is 83.7 cm³/mol. The van der Waals surface area contributed by atoms with Gasteiger partial charge in [0.2, 0.25) is 0 Å². The van der Waals surface area contributed by atoms with Crippen LogP contribution in [0.1, 0.15) is 25.3 Å². The van der Waals surface area contributed by atoms with Crippen molar-refractivity contribution in [1.82, 2.24) is 9.80 Å². The molecule has 2 rings (SSSR count). The molecule has 1 unspecified atom stereocenters. The van der Waals surface area contributed by atoms with Gasteiger partial charge in [-0.25, -0.2) is 0 Å². The summed E-state index contributed by atoms with van der Waals surface area (Å²) in [4.78, 5) is 4.68. The first kappa shape index (κ1) is 15.5. The lowest BCUT2D eigenvalue weighted by Gasteiger charge is -2.34. The fourth-order valence-corrected chi connectivity index (χ4v) is 3.16. The Labute approximate surface area is 123 Å². The van der Waals surface area contributed by atoms with Crippen LogP contribution in [-0.2, 0) is 5.60 Å². The largest absolute Gasteiger partial charge is 0.384 e. The molecule has 1 fully saturated rings. The third kappa shape index (κ3) is 4.30. The van der Waals surface area contributed by atoms with Gasteiger partial charge < -0.3 is 14.9 Å². The molecule has 1 atom stereocenters. The van der Waals surface area contributed by atoms with Crippen LogP contribution in [0.2, 0.25) is 0 Å². The van der Waals surface area contributed by atoms with E-state index in [-0.39, 0.29) is 0 Å². The summed E-state index contributed by atoms with van der Waals surface area (Å²) in [6.07, 6.45) is 2.54. The Kier molecular flexibility index (Phi) is 5.19. The van der Waals surface area contributed by atoms with Gasteiger partial charge in [0.15, 0.2) is 0 Å². The minimum atomic E-state index is -0.776. The fourth-order valence-electron chi connectivity index (χ4n) is 3.16. The molecule has 0 saturated carbocycles. The van der Waals surface area contributed by atoms with E-state index >= 15 is 0 Å². The molecule has 20 heavy (non-hydrogen) atoms. The number of likely N-dealkylation sites (tertiary alicyclic amines) is 1. The maximum atomic E-state index is 10.7. The maximum absolute atomic E-state index is 10.7. The van der Waals surface area contributed by atoms with Crippen LogP contribution in [0.3, 0.4) is 0 Å². The lowest BCUT2D eigenvalue weighted by Crippen LogP contribution is -2.41. The first-order valence-electron chi connectivity index (χ1n) is 7.62. The minimum absolute atomic E-state index is 0.684. The number of hydrogen-bond acceptors (Lipinski definition) is 3. The zero-order valence-electron chi connectivity index (χ0n) is 13.0. The average molecular weight is 276 g/mol. The highest BCUT2D eigenvalue weighted by atomic mass is 16.3. The molecule has 1 saturated heterocycles. The molecule has 3 heteroatoms. The fraction of sp³-hybridized carbons (Fsp3) is 0.647. The normalized spacial score (nSPS) is 21.1. The maximum Gasteiger partial charge on any atom is 0.0994 e. The van der Waals surface area contributed by atoms with Crippen LogP contribution in [0, 0.1) is 5.92 Å². The Hall–Kier alpha value is -0.900. The van der Waals surface area contributed by atoms with Crippen LogP contribution >= 0.6 is 0 Å². The quantitative estimate of drug-likeness (QED) is 0.893.